The summed E-state index contributed by atoms with van der Waals surface area (Å²) in [4.78, 5) is 13.6. The molecule has 116 valence electrons. The van der Waals surface area contributed by atoms with Crippen LogP contribution in [0.3, 0.4) is 0 Å². The predicted octanol–water partition coefficient (Wildman–Crippen LogP) is 2.14. The first-order chi connectivity index (χ1) is 9.99. The van der Waals surface area contributed by atoms with Crippen molar-refractivity contribution in [3.05, 3.63) is 29.6 Å². The van der Waals surface area contributed by atoms with Crippen LogP contribution in [-0.2, 0) is 0 Å². The van der Waals surface area contributed by atoms with Crippen LogP contribution in [0.15, 0.2) is 18.2 Å². The van der Waals surface area contributed by atoms with E-state index in [-0.39, 0.29) is 5.56 Å². The molecule has 21 heavy (non-hydrogen) atoms. The highest BCUT2D eigenvalue weighted by Crippen LogP contribution is 2.27. The van der Waals surface area contributed by atoms with E-state index in [1.165, 1.54) is 6.07 Å². The molecule has 0 spiro atoms. The number of carbonyl (C=O) groups excluding carboxylic acids is 1. The summed E-state index contributed by atoms with van der Waals surface area (Å²) in [5.74, 6) is -0.738. The SMILES string of the molecule is CC(C)NCC1CCCN(c2cccc(F)c2C(N)=O)C1. The van der Waals surface area contributed by atoms with Crippen molar-refractivity contribution >= 4 is 11.6 Å². The monoisotopic (exact) mass is 293 g/mol. The number of halogens is 1. The lowest BCUT2D eigenvalue weighted by molar-refractivity contribution is 0.0997. The van der Waals surface area contributed by atoms with Gasteiger partial charge < -0.3 is 16.0 Å². The zero-order chi connectivity index (χ0) is 15.4. The third-order valence-electron chi connectivity index (χ3n) is 3.91. The van der Waals surface area contributed by atoms with Gasteiger partial charge in [0.2, 0.25) is 0 Å². The molecule has 1 aromatic carbocycles. The topological polar surface area (TPSA) is 58.4 Å². The lowest BCUT2D eigenvalue weighted by Crippen LogP contribution is -2.41. The first-order valence-electron chi connectivity index (χ1n) is 7.55. The minimum Gasteiger partial charge on any atom is -0.370 e. The van der Waals surface area contributed by atoms with E-state index < -0.39 is 11.7 Å². The van der Waals surface area contributed by atoms with Gasteiger partial charge in [-0.15, -0.1) is 0 Å². The van der Waals surface area contributed by atoms with Crippen molar-refractivity contribution in [2.75, 3.05) is 24.5 Å². The van der Waals surface area contributed by atoms with Crippen molar-refractivity contribution < 1.29 is 9.18 Å². The standard InChI is InChI=1S/C16H24FN3O/c1-11(2)19-9-12-5-4-8-20(10-12)14-7-3-6-13(17)15(14)16(18)21/h3,6-7,11-12,19H,4-5,8-10H2,1-2H3,(H2,18,21). The van der Waals surface area contributed by atoms with E-state index in [2.05, 4.69) is 24.1 Å². The Balaban J connectivity index is 2.14. The quantitative estimate of drug-likeness (QED) is 0.874. The van der Waals surface area contributed by atoms with E-state index in [1.807, 2.05) is 0 Å². The first kappa shape index (κ1) is 15.8. The Morgan fingerprint density at radius 2 is 2.29 bits per heavy atom. The molecule has 0 aromatic heterocycles. The molecule has 1 aliphatic rings. The molecule has 0 bridgehead atoms. The highest BCUT2D eigenvalue weighted by molar-refractivity contribution is 5.99. The molecule has 2 rings (SSSR count). The number of hydrogen-bond donors (Lipinski definition) is 2. The Bertz CT molecular complexity index is 504. The van der Waals surface area contributed by atoms with Gasteiger partial charge in [0.15, 0.2) is 0 Å². The minimum atomic E-state index is -0.703. The fraction of sp³-hybridized carbons (Fsp3) is 0.562. The fourth-order valence-corrected chi connectivity index (χ4v) is 2.87. The second-order valence-corrected chi connectivity index (χ2v) is 6.02. The maximum atomic E-state index is 13.9. The minimum absolute atomic E-state index is 0.00923. The smallest absolute Gasteiger partial charge is 0.253 e. The van der Waals surface area contributed by atoms with Crippen LogP contribution in [0.1, 0.15) is 37.0 Å². The van der Waals surface area contributed by atoms with Crippen LogP contribution in [-0.4, -0.2) is 31.6 Å². The second kappa shape index (κ2) is 6.89. The number of carbonyl (C=O) groups is 1. The van der Waals surface area contributed by atoms with Crippen LogP contribution in [0.25, 0.3) is 0 Å². The summed E-state index contributed by atoms with van der Waals surface area (Å²) >= 11 is 0. The molecular weight excluding hydrogens is 269 g/mol. The van der Waals surface area contributed by atoms with E-state index in [4.69, 9.17) is 5.73 Å². The Morgan fingerprint density at radius 1 is 1.52 bits per heavy atom. The Kier molecular flexibility index (Phi) is 5.17. The molecule has 4 nitrogen and oxygen atoms in total. The summed E-state index contributed by atoms with van der Waals surface area (Å²) < 4.78 is 13.9. The van der Waals surface area contributed by atoms with Crippen molar-refractivity contribution in [1.82, 2.24) is 5.32 Å². The Hall–Kier alpha value is -1.62. The summed E-state index contributed by atoms with van der Waals surface area (Å²) in [6.07, 6.45) is 2.19. The number of primary amides is 1. The largest absolute Gasteiger partial charge is 0.370 e. The molecular formula is C16H24FN3O. The fourth-order valence-electron chi connectivity index (χ4n) is 2.87. The van der Waals surface area contributed by atoms with Crippen molar-refractivity contribution in [2.45, 2.75) is 32.7 Å². The lowest BCUT2D eigenvalue weighted by Gasteiger charge is -2.35. The highest BCUT2D eigenvalue weighted by atomic mass is 19.1. The molecule has 1 fully saturated rings. The number of piperidine rings is 1. The summed E-state index contributed by atoms with van der Waals surface area (Å²) in [5.41, 5.74) is 5.97. The van der Waals surface area contributed by atoms with Gasteiger partial charge in [0.25, 0.3) is 5.91 Å². The van der Waals surface area contributed by atoms with Crippen molar-refractivity contribution in [3.63, 3.8) is 0 Å². The molecule has 1 unspecified atom stereocenters. The van der Waals surface area contributed by atoms with Gasteiger partial charge >= 0.3 is 0 Å². The number of nitrogens with zero attached hydrogens (tertiary/aromatic N) is 1. The molecule has 5 heteroatoms. The first-order valence-corrected chi connectivity index (χ1v) is 7.55. The van der Waals surface area contributed by atoms with Gasteiger partial charge in [-0.3, -0.25) is 4.79 Å². The molecule has 0 aliphatic carbocycles. The van der Waals surface area contributed by atoms with Crippen LogP contribution >= 0.6 is 0 Å². The molecule has 0 saturated carbocycles. The highest BCUT2D eigenvalue weighted by Gasteiger charge is 2.24. The lowest BCUT2D eigenvalue weighted by atomic mass is 9.96. The van der Waals surface area contributed by atoms with Gasteiger partial charge in [0.05, 0.1) is 11.3 Å². The van der Waals surface area contributed by atoms with E-state index >= 15 is 0 Å². The summed E-state index contributed by atoms with van der Waals surface area (Å²) in [6, 6.07) is 5.15. The van der Waals surface area contributed by atoms with E-state index in [0.29, 0.717) is 17.6 Å². The second-order valence-electron chi connectivity index (χ2n) is 6.02. The molecule has 1 heterocycles. The van der Waals surface area contributed by atoms with Crippen molar-refractivity contribution in [2.24, 2.45) is 11.7 Å². The normalized spacial score (nSPS) is 19.0. The zero-order valence-corrected chi connectivity index (χ0v) is 12.7. The van der Waals surface area contributed by atoms with Crippen LogP contribution in [0.4, 0.5) is 10.1 Å². The predicted molar refractivity (Wildman–Crippen MR) is 83.0 cm³/mol. The number of amides is 1. The maximum absolute atomic E-state index is 13.9. The van der Waals surface area contributed by atoms with Gasteiger partial charge in [-0.05, 0) is 37.4 Å². The van der Waals surface area contributed by atoms with E-state index in [0.717, 1.165) is 32.5 Å². The molecule has 1 amide bonds. The van der Waals surface area contributed by atoms with Crippen LogP contribution < -0.4 is 16.0 Å². The number of rotatable bonds is 5. The van der Waals surface area contributed by atoms with Gasteiger partial charge in [-0.2, -0.15) is 0 Å². The third kappa shape index (κ3) is 3.94. The Morgan fingerprint density at radius 3 is 2.95 bits per heavy atom. The van der Waals surface area contributed by atoms with Crippen molar-refractivity contribution in [1.29, 1.82) is 0 Å². The zero-order valence-electron chi connectivity index (χ0n) is 12.7. The van der Waals surface area contributed by atoms with Crippen LogP contribution in [0.2, 0.25) is 0 Å². The van der Waals surface area contributed by atoms with Crippen molar-refractivity contribution in [3.8, 4) is 0 Å². The van der Waals surface area contributed by atoms with Crippen LogP contribution in [0, 0.1) is 11.7 Å². The van der Waals surface area contributed by atoms with Gasteiger partial charge in [-0.1, -0.05) is 19.9 Å². The average Bonchev–Trinajstić information content (AvgIpc) is 2.44. The number of anilines is 1. The third-order valence-corrected chi connectivity index (χ3v) is 3.91. The average molecular weight is 293 g/mol. The number of nitrogens with two attached hydrogens (primary N) is 1. The molecule has 1 saturated heterocycles. The van der Waals surface area contributed by atoms with E-state index in [1.54, 1.807) is 12.1 Å². The number of hydrogen-bond acceptors (Lipinski definition) is 3. The number of nitrogens with one attached hydrogen (secondary N) is 1. The summed E-state index contributed by atoms with van der Waals surface area (Å²) in [7, 11) is 0. The van der Waals surface area contributed by atoms with E-state index in [9.17, 15) is 9.18 Å². The number of benzene rings is 1. The molecule has 1 aromatic rings. The molecule has 3 N–H and O–H groups in total. The summed E-state index contributed by atoms with van der Waals surface area (Å²) in [5, 5.41) is 3.44. The Labute approximate surface area is 125 Å². The summed E-state index contributed by atoms with van der Waals surface area (Å²) in [6.45, 7) is 6.84. The molecule has 1 aliphatic heterocycles. The molecule has 0 radical (unpaired) electrons. The van der Waals surface area contributed by atoms with Gasteiger partial charge in [0, 0.05) is 19.1 Å². The van der Waals surface area contributed by atoms with Gasteiger partial charge in [-0.25, -0.2) is 4.39 Å². The maximum Gasteiger partial charge on any atom is 0.253 e. The molecule has 1 atom stereocenters. The van der Waals surface area contributed by atoms with Gasteiger partial charge in [0.1, 0.15) is 5.82 Å². The van der Waals surface area contributed by atoms with Crippen LogP contribution in [0.5, 0.6) is 0 Å².